The third-order valence-electron chi connectivity index (χ3n) is 3.88. The van der Waals surface area contributed by atoms with E-state index in [2.05, 4.69) is 20.9 Å². The highest BCUT2D eigenvalue weighted by Crippen LogP contribution is 2.11. The van der Waals surface area contributed by atoms with Crippen LogP contribution in [0.5, 0.6) is 0 Å². The van der Waals surface area contributed by atoms with Crippen molar-refractivity contribution in [1.82, 2.24) is 10.6 Å². The van der Waals surface area contributed by atoms with E-state index in [-0.39, 0.29) is 35.6 Å². The number of carbonyl (C=O) groups excluding carboxylic acids is 1. The van der Waals surface area contributed by atoms with Crippen molar-refractivity contribution in [1.29, 1.82) is 0 Å². The molecule has 2 heterocycles. The lowest BCUT2D eigenvalue weighted by molar-refractivity contribution is 0.0996. The van der Waals surface area contributed by atoms with Crippen LogP contribution in [0.1, 0.15) is 21.9 Å². The Balaban J connectivity index is 0.00000280. The number of rotatable bonds is 7. The Morgan fingerprint density at radius 2 is 1.75 bits per heavy atom. The van der Waals surface area contributed by atoms with Crippen LogP contribution in [0.15, 0.2) is 74.9 Å². The first-order valence-corrected chi connectivity index (χ1v) is 8.65. The lowest BCUT2D eigenvalue weighted by Crippen LogP contribution is -2.37. The summed E-state index contributed by atoms with van der Waals surface area (Å²) in [6.07, 6.45) is 3.93. The Bertz CT molecular complexity index is 860. The molecule has 0 fully saturated rings. The van der Waals surface area contributed by atoms with E-state index in [0.29, 0.717) is 12.2 Å². The van der Waals surface area contributed by atoms with Crippen LogP contribution < -0.4 is 16.0 Å². The molecule has 0 saturated carbocycles. The minimum Gasteiger partial charge on any atom is -0.469 e. The van der Waals surface area contributed by atoms with E-state index >= 15 is 0 Å². The maximum absolute atomic E-state index is 12.0. The third kappa shape index (κ3) is 6.45. The van der Waals surface area contributed by atoms with Gasteiger partial charge < -0.3 is 24.8 Å². The average Bonchev–Trinajstić information content (AvgIpc) is 3.39. The van der Waals surface area contributed by atoms with E-state index in [1.807, 2.05) is 36.4 Å². The fraction of sp³-hybridized carbons (Fsp3) is 0.200. The number of amides is 1. The lowest BCUT2D eigenvalue weighted by Gasteiger charge is -2.12. The molecule has 0 aliphatic heterocycles. The molecule has 0 aliphatic rings. The van der Waals surface area contributed by atoms with Crippen LogP contribution in [-0.4, -0.2) is 25.5 Å². The number of anilines is 1. The minimum absolute atomic E-state index is 0. The molecule has 0 aliphatic carbocycles. The Hall–Kier alpha value is -2.75. The second-order valence-electron chi connectivity index (χ2n) is 5.81. The predicted octanol–water partition coefficient (Wildman–Crippen LogP) is 3.65. The summed E-state index contributed by atoms with van der Waals surface area (Å²) in [4.78, 5) is 16.2. The lowest BCUT2D eigenvalue weighted by atomic mass is 10.2. The SMILES string of the molecule is CN=C(NCCc1ccco1)NCc1ccc(NC(=O)c2ccco2)cc1.I. The molecule has 0 spiro atoms. The molecular weight excluding hydrogens is 471 g/mol. The topological polar surface area (TPSA) is 91.8 Å². The number of hydrogen-bond acceptors (Lipinski definition) is 4. The number of hydrogen-bond donors (Lipinski definition) is 3. The smallest absolute Gasteiger partial charge is 0.291 e. The fourth-order valence-electron chi connectivity index (χ4n) is 2.47. The minimum atomic E-state index is -0.271. The van der Waals surface area contributed by atoms with Crippen LogP contribution in [0.3, 0.4) is 0 Å². The van der Waals surface area contributed by atoms with Gasteiger partial charge in [-0.25, -0.2) is 0 Å². The summed E-state index contributed by atoms with van der Waals surface area (Å²) in [5.41, 5.74) is 1.78. The summed E-state index contributed by atoms with van der Waals surface area (Å²) in [5, 5.41) is 9.29. The van der Waals surface area contributed by atoms with E-state index in [9.17, 15) is 4.79 Å². The van der Waals surface area contributed by atoms with Gasteiger partial charge >= 0.3 is 0 Å². The van der Waals surface area contributed by atoms with Gasteiger partial charge in [-0.15, -0.1) is 24.0 Å². The third-order valence-corrected chi connectivity index (χ3v) is 3.88. The van der Waals surface area contributed by atoms with Crippen molar-refractivity contribution in [2.75, 3.05) is 18.9 Å². The quantitative estimate of drug-likeness (QED) is 0.265. The van der Waals surface area contributed by atoms with Gasteiger partial charge in [-0.05, 0) is 42.0 Å². The average molecular weight is 494 g/mol. The van der Waals surface area contributed by atoms with Crippen molar-refractivity contribution in [2.45, 2.75) is 13.0 Å². The molecule has 3 aromatic rings. The van der Waals surface area contributed by atoms with E-state index in [1.165, 1.54) is 6.26 Å². The standard InChI is InChI=1S/C20H22N4O3.HI/c1-21-20(22-11-10-17-4-2-12-26-17)23-14-15-6-8-16(9-7-15)24-19(25)18-5-3-13-27-18;/h2-9,12-13H,10-11,14H2,1H3,(H,24,25)(H2,21,22,23);1H. The second kappa shape index (κ2) is 11.2. The fourth-order valence-corrected chi connectivity index (χ4v) is 2.47. The van der Waals surface area contributed by atoms with E-state index in [0.717, 1.165) is 30.2 Å². The predicted molar refractivity (Wildman–Crippen MR) is 119 cm³/mol. The zero-order chi connectivity index (χ0) is 18.9. The van der Waals surface area contributed by atoms with Gasteiger partial charge in [-0.2, -0.15) is 0 Å². The molecular formula is C20H23IN4O3. The van der Waals surface area contributed by atoms with Crippen molar-refractivity contribution in [2.24, 2.45) is 4.99 Å². The van der Waals surface area contributed by atoms with Crippen LogP contribution in [0, 0.1) is 0 Å². The molecule has 28 heavy (non-hydrogen) atoms. The molecule has 0 atom stereocenters. The molecule has 2 aromatic heterocycles. The Morgan fingerprint density at radius 1 is 1.00 bits per heavy atom. The molecule has 0 radical (unpaired) electrons. The molecule has 3 rings (SSSR count). The number of furan rings is 2. The molecule has 7 nitrogen and oxygen atoms in total. The molecule has 148 valence electrons. The molecule has 0 bridgehead atoms. The summed E-state index contributed by atoms with van der Waals surface area (Å²) in [7, 11) is 1.73. The normalized spacial score (nSPS) is 10.8. The number of nitrogens with one attached hydrogen (secondary N) is 3. The summed E-state index contributed by atoms with van der Waals surface area (Å²) in [5.74, 6) is 1.67. The summed E-state index contributed by atoms with van der Waals surface area (Å²) in [6, 6.07) is 14.7. The van der Waals surface area contributed by atoms with Crippen LogP contribution in [-0.2, 0) is 13.0 Å². The number of aliphatic imine (C=N–C) groups is 1. The van der Waals surface area contributed by atoms with E-state index < -0.39 is 0 Å². The van der Waals surface area contributed by atoms with Gasteiger partial charge in [0, 0.05) is 32.2 Å². The number of benzene rings is 1. The van der Waals surface area contributed by atoms with E-state index in [1.54, 1.807) is 25.4 Å². The second-order valence-corrected chi connectivity index (χ2v) is 5.81. The Morgan fingerprint density at radius 3 is 2.39 bits per heavy atom. The van der Waals surface area contributed by atoms with Crippen LogP contribution in [0.4, 0.5) is 5.69 Å². The van der Waals surface area contributed by atoms with Crippen molar-refractivity contribution < 1.29 is 13.6 Å². The van der Waals surface area contributed by atoms with Crippen LogP contribution in [0.2, 0.25) is 0 Å². The van der Waals surface area contributed by atoms with Gasteiger partial charge in [-0.3, -0.25) is 9.79 Å². The first-order chi connectivity index (χ1) is 13.2. The van der Waals surface area contributed by atoms with E-state index in [4.69, 9.17) is 8.83 Å². The number of nitrogens with zero attached hydrogens (tertiary/aromatic N) is 1. The molecule has 1 aromatic carbocycles. The van der Waals surface area contributed by atoms with Crippen molar-refractivity contribution in [3.63, 3.8) is 0 Å². The Labute approximate surface area is 180 Å². The van der Waals surface area contributed by atoms with Gasteiger partial charge in [0.05, 0.1) is 12.5 Å². The van der Waals surface area contributed by atoms with Crippen LogP contribution in [0.25, 0.3) is 0 Å². The monoisotopic (exact) mass is 494 g/mol. The maximum Gasteiger partial charge on any atom is 0.291 e. The summed E-state index contributed by atoms with van der Waals surface area (Å²) in [6.45, 7) is 1.35. The van der Waals surface area contributed by atoms with Crippen molar-refractivity contribution >= 4 is 41.5 Å². The van der Waals surface area contributed by atoms with Crippen molar-refractivity contribution in [3.05, 3.63) is 78.1 Å². The molecule has 0 unspecified atom stereocenters. The molecule has 1 amide bonds. The van der Waals surface area contributed by atoms with Crippen LogP contribution >= 0.6 is 24.0 Å². The zero-order valence-corrected chi connectivity index (χ0v) is 17.8. The van der Waals surface area contributed by atoms with Gasteiger partial charge in [-0.1, -0.05) is 12.1 Å². The first kappa shape index (κ1) is 21.5. The summed E-state index contributed by atoms with van der Waals surface area (Å²) >= 11 is 0. The van der Waals surface area contributed by atoms with Gasteiger partial charge in [0.1, 0.15) is 5.76 Å². The Kier molecular flexibility index (Phi) is 8.60. The van der Waals surface area contributed by atoms with Gasteiger partial charge in [0.15, 0.2) is 11.7 Å². The summed E-state index contributed by atoms with van der Waals surface area (Å²) < 4.78 is 10.4. The van der Waals surface area contributed by atoms with Gasteiger partial charge in [0.25, 0.3) is 5.91 Å². The highest BCUT2D eigenvalue weighted by molar-refractivity contribution is 14.0. The largest absolute Gasteiger partial charge is 0.469 e. The number of guanidine groups is 1. The molecule has 0 saturated heterocycles. The first-order valence-electron chi connectivity index (χ1n) is 8.65. The highest BCUT2D eigenvalue weighted by Gasteiger charge is 2.08. The maximum atomic E-state index is 12.0. The number of halogens is 1. The van der Waals surface area contributed by atoms with Gasteiger partial charge in [0.2, 0.25) is 0 Å². The highest BCUT2D eigenvalue weighted by atomic mass is 127. The molecule has 3 N–H and O–H groups in total. The number of carbonyl (C=O) groups is 1. The molecule has 8 heteroatoms. The zero-order valence-electron chi connectivity index (χ0n) is 15.5. The van der Waals surface area contributed by atoms with Crippen molar-refractivity contribution in [3.8, 4) is 0 Å².